The third-order valence-electron chi connectivity index (χ3n) is 4.31. The van der Waals surface area contributed by atoms with Crippen LogP contribution in [0.1, 0.15) is 29.4 Å². The molecule has 1 aromatic heterocycles. The Morgan fingerprint density at radius 1 is 1.24 bits per heavy atom. The van der Waals surface area contributed by atoms with Crippen LogP contribution in [0.25, 0.3) is 0 Å². The van der Waals surface area contributed by atoms with Crippen molar-refractivity contribution in [1.29, 1.82) is 0 Å². The van der Waals surface area contributed by atoms with E-state index in [4.69, 9.17) is 0 Å². The van der Waals surface area contributed by atoms with Crippen LogP contribution in [-0.4, -0.2) is 41.3 Å². The molecule has 136 valence electrons. The number of nitrogens with one attached hydrogen (secondary N) is 1. The molecule has 1 aromatic carbocycles. The molecule has 5 nitrogen and oxygen atoms in total. The van der Waals surface area contributed by atoms with Crippen molar-refractivity contribution in [2.24, 2.45) is 10.9 Å². The zero-order chi connectivity index (χ0) is 18.4. The van der Waals surface area contributed by atoms with E-state index < -0.39 is 0 Å². The van der Waals surface area contributed by atoms with Gasteiger partial charge in [-0.25, -0.2) is 0 Å². The summed E-state index contributed by atoms with van der Waals surface area (Å²) < 4.78 is 2.08. The van der Waals surface area contributed by atoms with E-state index in [2.05, 4.69) is 83.1 Å². The Morgan fingerprint density at radius 2 is 1.92 bits per heavy atom. The molecule has 1 atom stereocenters. The molecule has 0 saturated carbocycles. The number of rotatable bonds is 6. The average Bonchev–Trinajstić information content (AvgIpc) is 2.87. The summed E-state index contributed by atoms with van der Waals surface area (Å²) in [4.78, 5) is 6.56. The number of aliphatic imine (C=N–C) groups is 1. The molecule has 25 heavy (non-hydrogen) atoms. The molecular formula is C20H31N5. The highest BCUT2D eigenvalue weighted by molar-refractivity contribution is 5.79. The van der Waals surface area contributed by atoms with Gasteiger partial charge < -0.3 is 10.2 Å². The maximum atomic E-state index is 4.54. The van der Waals surface area contributed by atoms with Crippen molar-refractivity contribution in [2.75, 3.05) is 20.6 Å². The summed E-state index contributed by atoms with van der Waals surface area (Å²) in [7, 11) is 3.90. The Bertz CT molecular complexity index is 699. The van der Waals surface area contributed by atoms with Crippen molar-refractivity contribution in [1.82, 2.24) is 20.0 Å². The molecule has 0 radical (unpaired) electrons. The summed E-state index contributed by atoms with van der Waals surface area (Å²) in [5.74, 6) is 1.38. The number of hydrogen-bond acceptors (Lipinski definition) is 2. The monoisotopic (exact) mass is 341 g/mol. The lowest BCUT2D eigenvalue weighted by atomic mass is 10.1. The van der Waals surface area contributed by atoms with Gasteiger partial charge in [-0.2, -0.15) is 5.10 Å². The van der Waals surface area contributed by atoms with Crippen molar-refractivity contribution < 1.29 is 0 Å². The van der Waals surface area contributed by atoms with E-state index in [-0.39, 0.29) is 0 Å². The summed E-state index contributed by atoms with van der Waals surface area (Å²) in [5.41, 5.74) is 4.86. The number of hydrogen-bond donors (Lipinski definition) is 1. The van der Waals surface area contributed by atoms with Gasteiger partial charge in [0.05, 0.1) is 5.69 Å². The fourth-order valence-corrected chi connectivity index (χ4v) is 2.91. The largest absolute Gasteiger partial charge is 0.356 e. The lowest BCUT2D eigenvalue weighted by Gasteiger charge is -2.24. The first-order chi connectivity index (χ1) is 11.9. The summed E-state index contributed by atoms with van der Waals surface area (Å²) in [6, 6.07) is 10.8. The van der Waals surface area contributed by atoms with Gasteiger partial charge in [-0.3, -0.25) is 9.67 Å². The topological polar surface area (TPSA) is 45.5 Å². The van der Waals surface area contributed by atoms with Crippen LogP contribution in [0, 0.1) is 26.7 Å². The molecule has 0 saturated heterocycles. The normalized spacial score (nSPS) is 13.0. The molecule has 0 aliphatic heterocycles. The van der Waals surface area contributed by atoms with Crippen LogP contribution < -0.4 is 5.32 Å². The molecule has 0 aliphatic rings. The zero-order valence-electron chi connectivity index (χ0n) is 16.4. The Morgan fingerprint density at radius 3 is 2.48 bits per heavy atom. The van der Waals surface area contributed by atoms with E-state index in [1.54, 1.807) is 0 Å². The number of nitrogens with zero attached hydrogens (tertiary/aromatic N) is 4. The van der Waals surface area contributed by atoms with Gasteiger partial charge in [-0.1, -0.05) is 36.8 Å². The van der Waals surface area contributed by atoms with Crippen LogP contribution >= 0.6 is 0 Å². The number of aromatic nitrogens is 2. The van der Waals surface area contributed by atoms with Crippen molar-refractivity contribution in [2.45, 2.75) is 40.8 Å². The van der Waals surface area contributed by atoms with Crippen LogP contribution in [0.15, 0.2) is 35.3 Å². The first kappa shape index (κ1) is 19.0. The van der Waals surface area contributed by atoms with E-state index in [1.165, 1.54) is 16.8 Å². The predicted molar refractivity (Wildman–Crippen MR) is 105 cm³/mol. The molecule has 0 spiro atoms. The van der Waals surface area contributed by atoms with Gasteiger partial charge in [0, 0.05) is 39.4 Å². The van der Waals surface area contributed by atoms with E-state index in [0.717, 1.165) is 31.3 Å². The SMILES string of the molecule is CN=C(NCC(C)Cn1nc(C)cc1C)N(C)Cc1ccc(C)cc1. The average molecular weight is 342 g/mol. The predicted octanol–water partition coefficient (Wildman–Crippen LogP) is 3.15. The van der Waals surface area contributed by atoms with Crippen LogP contribution in [0.4, 0.5) is 0 Å². The molecule has 0 aliphatic carbocycles. The Hall–Kier alpha value is -2.30. The molecule has 5 heteroatoms. The van der Waals surface area contributed by atoms with Gasteiger partial charge >= 0.3 is 0 Å². The van der Waals surface area contributed by atoms with E-state index in [1.807, 2.05) is 14.0 Å². The molecule has 0 amide bonds. The fourth-order valence-electron chi connectivity index (χ4n) is 2.91. The Labute approximate surface area is 151 Å². The van der Waals surface area contributed by atoms with Gasteiger partial charge in [0.15, 0.2) is 5.96 Å². The van der Waals surface area contributed by atoms with Crippen molar-refractivity contribution >= 4 is 5.96 Å². The molecular weight excluding hydrogens is 310 g/mol. The lowest BCUT2D eigenvalue weighted by molar-refractivity contribution is 0.418. The minimum atomic E-state index is 0.461. The molecule has 0 bridgehead atoms. The second-order valence-corrected chi connectivity index (χ2v) is 6.98. The number of guanidine groups is 1. The third-order valence-corrected chi connectivity index (χ3v) is 4.31. The smallest absolute Gasteiger partial charge is 0.193 e. The van der Waals surface area contributed by atoms with Crippen molar-refractivity contribution in [3.63, 3.8) is 0 Å². The van der Waals surface area contributed by atoms with Crippen molar-refractivity contribution in [3.05, 3.63) is 52.8 Å². The second-order valence-electron chi connectivity index (χ2n) is 6.98. The minimum Gasteiger partial charge on any atom is -0.356 e. The van der Waals surface area contributed by atoms with E-state index >= 15 is 0 Å². The highest BCUT2D eigenvalue weighted by Gasteiger charge is 2.11. The van der Waals surface area contributed by atoms with Crippen molar-refractivity contribution in [3.8, 4) is 0 Å². The lowest BCUT2D eigenvalue weighted by Crippen LogP contribution is -2.40. The Kier molecular flexibility index (Phi) is 6.62. The quantitative estimate of drug-likeness (QED) is 0.648. The third kappa shape index (κ3) is 5.62. The van der Waals surface area contributed by atoms with Crippen LogP contribution in [-0.2, 0) is 13.1 Å². The molecule has 1 unspecified atom stereocenters. The summed E-state index contributed by atoms with van der Waals surface area (Å²) >= 11 is 0. The van der Waals surface area contributed by atoms with Crippen LogP contribution in [0.5, 0.6) is 0 Å². The second kappa shape index (κ2) is 8.70. The van der Waals surface area contributed by atoms with Gasteiger partial charge in [0.2, 0.25) is 0 Å². The van der Waals surface area contributed by atoms with Crippen LogP contribution in [0.3, 0.4) is 0 Å². The van der Waals surface area contributed by atoms with E-state index in [0.29, 0.717) is 5.92 Å². The fraction of sp³-hybridized carbons (Fsp3) is 0.500. The van der Waals surface area contributed by atoms with E-state index in [9.17, 15) is 0 Å². The van der Waals surface area contributed by atoms with Crippen LogP contribution in [0.2, 0.25) is 0 Å². The number of benzene rings is 1. The van der Waals surface area contributed by atoms with Gasteiger partial charge in [-0.05, 0) is 38.3 Å². The summed E-state index contributed by atoms with van der Waals surface area (Å²) in [5, 5.41) is 8.03. The molecule has 1 N–H and O–H groups in total. The zero-order valence-corrected chi connectivity index (χ0v) is 16.4. The summed E-state index contributed by atoms with van der Waals surface area (Å²) in [6.45, 7) is 11.1. The van der Waals surface area contributed by atoms with Gasteiger partial charge in [0.1, 0.15) is 0 Å². The minimum absolute atomic E-state index is 0.461. The number of aryl methyl sites for hydroxylation is 3. The highest BCUT2D eigenvalue weighted by Crippen LogP contribution is 2.08. The Balaban J connectivity index is 1.86. The molecule has 2 rings (SSSR count). The maximum absolute atomic E-state index is 4.54. The maximum Gasteiger partial charge on any atom is 0.193 e. The first-order valence-electron chi connectivity index (χ1n) is 8.87. The van der Waals surface area contributed by atoms with Gasteiger partial charge in [0.25, 0.3) is 0 Å². The summed E-state index contributed by atoms with van der Waals surface area (Å²) in [6.07, 6.45) is 0. The first-order valence-corrected chi connectivity index (χ1v) is 8.87. The highest BCUT2D eigenvalue weighted by atomic mass is 15.3. The molecule has 2 aromatic rings. The molecule has 1 heterocycles. The van der Waals surface area contributed by atoms with Gasteiger partial charge in [-0.15, -0.1) is 0 Å². The standard InChI is InChI=1S/C20H31N5/c1-15-7-9-19(10-8-15)14-24(6)20(21-5)22-12-16(2)13-25-18(4)11-17(3)23-25/h7-11,16H,12-14H2,1-6H3,(H,21,22). The molecule has 0 fully saturated rings.